The van der Waals surface area contributed by atoms with Crippen LogP contribution >= 0.6 is 0 Å². The molecule has 110 valence electrons. The lowest BCUT2D eigenvalue weighted by molar-refractivity contribution is -0.151. The maximum absolute atomic E-state index is 6.83. The zero-order chi connectivity index (χ0) is 14.4. The molecule has 20 heavy (non-hydrogen) atoms. The van der Waals surface area contributed by atoms with Gasteiger partial charge in [-0.25, -0.2) is 0 Å². The van der Waals surface area contributed by atoms with Crippen LogP contribution in [0.1, 0.15) is 55.7 Å². The van der Waals surface area contributed by atoms with Gasteiger partial charge in [0.05, 0.1) is 5.60 Å². The van der Waals surface area contributed by atoms with Crippen molar-refractivity contribution in [3.8, 4) is 0 Å². The normalized spacial score (nSPS) is 27.9. The summed E-state index contributed by atoms with van der Waals surface area (Å²) in [4.78, 5) is 0. The second-order valence-electron chi connectivity index (χ2n) is 7.18. The minimum Gasteiger partial charge on any atom is -0.375 e. The Labute approximate surface area is 122 Å². The van der Waals surface area contributed by atoms with Gasteiger partial charge in [0.1, 0.15) is 0 Å². The van der Waals surface area contributed by atoms with Gasteiger partial charge in [0.2, 0.25) is 0 Å². The summed E-state index contributed by atoms with van der Waals surface area (Å²) in [5.41, 5.74) is 10.7. The molecule has 1 aromatic carbocycles. The molecule has 1 spiro atoms. The van der Waals surface area contributed by atoms with Crippen molar-refractivity contribution in [2.24, 2.45) is 11.7 Å². The number of ether oxygens (including phenoxy) is 1. The third-order valence-electron chi connectivity index (χ3n) is 5.58. The molecular weight excluding hydrogens is 246 g/mol. The highest BCUT2D eigenvalue weighted by Gasteiger charge is 2.47. The van der Waals surface area contributed by atoms with E-state index >= 15 is 0 Å². The number of aryl methyl sites for hydroxylation is 2. The van der Waals surface area contributed by atoms with Crippen LogP contribution in [0.5, 0.6) is 0 Å². The van der Waals surface area contributed by atoms with E-state index in [1.54, 1.807) is 0 Å². The summed E-state index contributed by atoms with van der Waals surface area (Å²) in [6.07, 6.45) is 5.99. The predicted octanol–water partition coefficient (Wildman–Crippen LogP) is 3.83. The molecule has 0 amide bonds. The van der Waals surface area contributed by atoms with Crippen molar-refractivity contribution in [1.82, 2.24) is 0 Å². The maximum Gasteiger partial charge on any atom is 0.0686 e. The van der Waals surface area contributed by atoms with E-state index in [0.29, 0.717) is 5.92 Å². The van der Waals surface area contributed by atoms with Gasteiger partial charge in [-0.1, -0.05) is 23.8 Å². The van der Waals surface area contributed by atoms with Crippen LogP contribution in [0.2, 0.25) is 0 Å². The molecule has 3 rings (SSSR count). The van der Waals surface area contributed by atoms with Gasteiger partial charge in [-0.05, 0) is 69.9 Å². The molecule has 2 aliphatic rings. The Morgan fingerprint density at radius 1 is 1.30 bits per heavy atom. The van der Waals surface area contributed by atoms with Crippen LogP contribution in [0.15, 0.2) is 18.2 Å². The maximum atomic E-state index is 6.83. The van der Waals surface area contributed by atoms with E-state index in [9.17, 15) is 0 Å². The molecule has 2 N–H and O–H groups in total. The predicted molar refractivity (Wildman–Crippen MR) is 82.7 cm³/mol. The first-order valence-electron chi connectivity index (χ1n) is 7.94. The average molecular weight is 273 g/mol. The van der Waals surface area contributed by atoms with Crippen molar-refractivity contribution in [1.29, 1.82) is 0 Å². The summed E-state index contributed by atoms with van der Waals surface area (Å²) in [6.45, 7) is 7.42. The molecule has 2 nitrogen and oxygen atoms in total. The first kappa shape index (κ1) is 14.1. The molecule has 2 fully saturated rings. The van der Waals surface area contributed by atoms with Gasteiger partial charge in [0.15, 0.2) is 0 Å². The van der Waals surface area contributed by atoms with Crippen LogP contribution in [0.4, 0.5) is 0 Å². The lowest BCUT2D eigenvalue weighted by atomic mass is 9.65. The van der Waals surface area contributed by atoms with Gasteiger partial charge in [-0.15, -0.1) is 0 Å². The van der Waals surface area contributed by atoms with Crippen LogP contribution in [-0.2, 0) is 10.3 Å². The Kier molecular flexibility index (Phi) is 3.42. The number of hydrogen-bond donors (Lipinski definition) is 1. The molecule has 0 bridgehead atoms. The van der Waals surface area contributed by atoms with Crippen molar-refractivity contribution in [2.45, 2.75) is 64.0 Å². The van der Waals surface area contributed by atoms with E-state index in [2.05, 4.69) is 39.0 Å². The second-order valence-corrected chi connectivity index (χ2v) is 7.18. The highest BCUT2D eigenvalue weighted by molar-refractivity contribution is 5.36. The monoisotopic (exact) mass is 273 g/mol. The van der Waals surface area contributed by atoms with Gasteiger partial charge < -0.3 is 10.5 Å². The smallest absolute Gasteiger partial charge is 0.0686 e. The Morgan fingerprint density at radius 3 is 2.70 bits per heavy atom. The van der Waals surface area contributed by atoms with Crippen molar-refractivity contribution < 1.29 is 4.74 Å². The largest absolute Gasteiger partial charge is 0.375 e. The van der Waals surface area contributed by atoms with Gasteiger partial charge in [0.25, 0.3) is 0 Å². The third kappa shape index (κ3) is 2.29. The molecule has 1 aromatic rings. The Morgan fingerprint density at radius 2 is 2.05 bits per heavy atom. The lowest BCUT2D eigenvalue weighted by Crippen LogP contribution is -2.52. The highest BCUT2D eigenvalue weighted by Crippen LogP contribution is 2.48. The number of rotatable bonds is 2. The van der Waals surface area contributed by atoms with Crippen molar-refractivity contribution in [3.05, 3.63) is 34.9 Å². The summed E-state index contributed by atoms with van der Waals surface area (Å²) in [5.74, 6) is 0.525. The van der Waals surface area contributed by atoms with E-state index in [0.717, 1.165) is 19.4 Å². The molecule has 2 heteroatoms. The second kappa shape index (κ2) is 4.85. The Balaban J connectivity index is 1.88. The van der Waals surface area contributed by atoms with Crippen LogP contribution in [0, 0.1) is 19.8 Å². The molecule has 2 atom stereocenters. The van der Waals surface area contributed by atoms with Gasteiger partial charge in [-0.2, -0.15) is 0 Å². The van der Waals surface area contributed by atoms with Crippen molar-refractivity contribution in [2.75, 3.05) is 6.61 Å². The van der Waals surface area contributed by atoms with Crippen molar-refractivity contribution in [3.63, 3.8) is 0 Å². The summed E-state index contributed by atoms with van der Waals surface area (Å²) >= 11 is 0. The average Bonchev–Trinajstić information content (AvgIpc) is 2.40. The molecule has 1 heterocycles. The fraction of sp³-hybridized carbons (Fsp3) is 0.667. The topological polar surface area (TPSA) is 35.2 Å². The summed E-state index contributed by atoms with van der Waals surface area (Å²) < 4.78 is 6.06. The Bertz CT molecular complexity index is 502. The molecule has 2 unspecified atom stereocenters. The fourth-order valence-electron chi connectivity index (χ4n) is 4.00. The molecule has 0 radical (unpaired) electrons. The van der Waals surface area contributed by atoms with E-state index in [4.69, 9.17) is 10.5 Å². The van der Waals surface area contributed by atoms with Gasteiger partial charge >= 0.3 is 0 Å². The quantitative estimate of drug-likeness (QED) is 0.889. The Hall–Kier alpha value is -0.860. The summed E-state index contributed by atoms with van der Waals surface area (Å²) in [7, 11) is 0. The fourth-order valence-corrected chi connectivity index (χ4v) is 4.00. The SMILES string of the molecule is Cc1ccc(C)c(C(C)(N)C2CCOC3(CCC3)C2)c1. The van der Waals surface area contributed by atoms with E-state index in [1.807, 2.05) is 0 Å². The van der Waals surface area contributed by atoms with E-state index in [1.165, 1.54) is 36.0 Å². The van der Waals surface area contributed by atoms with E-state index in [-0.39, 0.29) is 11.1 Å². The van der Waals surface area contributed by atoms with Crippen molar-refractivity contribution >= 4 is 0 Å². The van der Waals surface area contributed by atoms with Crippen LogP contribution < -0.4 is 5.73 Å². The third-order valence-corrected chi connectivity index (χ3v) is 5.58. The summed E-state index contributed by atoms with van der Waals surface area (Å²) in [6, 6.07) is 6.65. The first-order valence-corrected chi connectivity index (χ1v) is 7.94. The van der Waals surface area contributed by atoms with Crippen LogP contribution in [-0.4, -0.2) is 12.2 Å². The molecule has 0 aromatic heterocycles. The molecule has 1 aliphatic carbocycles. The minimum atomic E-state index is -0.248. The van der Waals surface area contributed by atoms with Crippen LogP contribution in [0.25, 0.3) is 0 Å². The van der Waals surface area contributed by atoms with Crippen LogP contribution in [0.3, 0.4) is 0 Å². The first-order chi connectivity index (χ1) is 9.43. The highest BCUT2D eigenvalue weighted by atomic mass is 16.5. The zero-order valence-corrected chi connectivity index (χ0v) is 13.0. The number of benzene rings is 1. The van der Waals surface area contributed by atoms with Gasteiger partial charge in [-0.3, -0.25) is 0 Å². The number of nitrogens with two attached hydrogens (primary N) is 1. The summed E-state index contributed by atoms with van der Waals surface area (Å²) in [5, 5.41) is 0. The molecular formula is C18H27NO. The van der Waals surface area contributed by atoms with Gasteiger partial charge in [0, 0.05) is 12.1 Å². The zero-order valence-electron chi connectivity index (χ0n) is 13.0. The van der Waals surface area contributed by atoms with E-state index < -0.39 is 0 Å². The standard InChI is InChI=1S/C18H27NO/c1-13-5-6-14(2)16(11-13)17(3,19)15-7-10-20-18(12-15)8-4-9-18/h5-6,11,15H,4,7-10,12,19H2,1-3H3. The minimum absolute atomic E-state index is 0.168. The molecule has 1 saturated carbocycles. The molecule has 1 aliphatic heterocycles. The number of hydrogen-bond acceptors (Lipinski definition) is 2. The molecule has 1 saturated heterocycles. The lowest BCUT2D eigenvalue weighted by Gasteiger charge is -2.51.